The van der Waals surface area contributed by atoms with Gasteiger partial charge in [-0.1, -0.05) is 26.0 Å². The lowest BCUT2D eigenvalue weighted by Crippen LogP contribution is -2.46. The van der Waals surface area contributed by atoms with Gasteiger partial charge in [-0.25, -0.2) is 8.42 Å². The zero-order valence-electron chi connectivity index (χ0n) is 13.9. The van der Waals surface area contributed by atoms with E-state index in [9.17, 15) is 18.0 Å². The molecule has 0 unspecified atom stereocenters. The molecule has 0 aliphatic rings. The molecule has 0 fully saturated rings. The number of nitrogens with one attached hydrogen (secondary N) is 2. The lowest BCUT2D eigenvalue weighted by molar-refractivity contribution is -0.125. The van der Waals surface area contributed by atoms with Crippen molar-refractivity contribution in [2.45, 2.75) is 25.6 Å². The Morgan fingerprint density at radius 1 is 1.17 bits per heavy atom. The minimum atomic E-state index is -3.09. The normalized spacial score (nSPS) is 12.2. The second-order valence-electron chi connectivity index (χ2n) is 5.80. The number of benzene rings is 1. The molecule has 0 aliphatic heterocycles. The van der Waals surface area contributed by atoms with E-state index in [1.165, 1.54) is 0 Å². The van der Waals surface area contributed by atoms with E-state index in [1.54, 1.807) is 24.3 Å². The lowest BCUT2D eigenvalue weighted by Gasteiger charge is -2.15. The van der Waals surface area contributed by atoms with E-state index < -0.39 is 15.9 Å². The number of hydrogen-bond donors (Lipinski definition) is 3. The number of carbonyl (C=O) groups excluding carboxylic acids is 2. The molecular formula is C15H24ClN3O4S. The highest BCUT2D eigenvalue weighted by atomic mass is 35.5. The molecule has 9 heteroatoms. The largest absolute Gasteiger partial charge is 0.346 e. The molecule has 0 aromatic heterocycles. The third-order valence-corrected chi connectivity index (χ3v) is 3.97. The Morgan fingerprint density at radius 2 is 1.71 bits per heavy atom. The summed E-state index contributed by atoms with van der Waals surface area (Å²) in [5.41, 5.74) is 6.84. The van der Waals surface area contributed by atoms with Gasteiger partial charge in [0.25, 0.3) is 0 Å². The summed E-state index contributed by atoms with van der Waals surface area (Å²) in [5.74, 6) is -0.825. The first-order valence-electron chi connectivity index (χ1n) is 7.18. The van der Waals surface area contributed by atoms with Crippen LogP contribution in [0.4, 0.5) is 5.69 Å². The molecule has 4 N–H and O–H groups in total. The third kappa shape index (κ3) is 8.28. The summed E-state index contributed by atoms with van der Waals surface area (Å²) in [6.45, 7) is 3.47. The molecule has 2 amide bonds. The number of anilines is 1. The molecule has 1 rings (SSSR count). The highest BCUT2D eigenvalue weighted by Crippen LogP contribution is 2.11. The van der Waals surface area contributed by atoms with Gasteiger partial charge in [-0.15, -0.1) is 12.4 Å². The first-order chi connectivity index (χ1) is 10.6. The molecule has 0 aliphatic carbocycles. The van der Waals surface area contributed by atoms with Gasteiger partial charge in [0.1, 0.15) is 0 Å². The first-order valence-corrected chi connectivity index (χ1v) is 9.24. The Labute approximate surface area is 148 Å². The molecule has 0 radical (unpaired) electrons. The average Bonchev–Trinajstić information content (AvgIpc) is 2.44. The van der Waals surface area contributed by atoms with Gasteiger partial charge >= 0.3 is 0 Å². The highest BCUT2D eigenvalue weighted by Gasteiger charge is 2.17. The molecule has 136 valence electrons. The molecule has 0 spiro atoms. The second kappa shape index (κ2) is 9.61. The van der Waals surface area contributed by atoms with Crippen LogP contribution < -0.4 is 16.4 Å². The maximum atomic E-state index is 11.8. The predicted molar refractivity (Wildman–Crippen MR) is 96.7 cm³/mol. The monoisotopic (exact) mass is 377 g/mol. The number of amides is 2. The Balaban J connectivity index is 0.00000529. The topological polar surface area (TPSA) is 118 Å². The molecule has 0 saturated heterocycles. The third-order valence-electron chi connectivity index (χ3n) is 3.11. The minimum absolute atomic E-state index is 0. The smallest absolute Gasteiger partial charge is 0.243 e. The van der Waals surface area contributed by atoms with E-state index >= 15 is 0 Å². The number of sulfone groups is 1. The van der Waals surface area contributed by atoms with Crippen LogP contribution in [-0.2, 0) is 25.2 Å². The summed E-state index contributed by atoms with van der Waals surface area (Å²) in [7, 11) is -3.09. The SMILES string of the molecule is CC(C)[C@H](N)C(=O)NCC(=O)Nc1ccc(CS(C)(=O)=O)cc1.Cl. The molecule has 1 atom stereocenters. The summed E-state index contributed by atoms with van der Waals surface area (Å²) in [6.07, 6.45) is 1.16. The van der Waals surface area contributed by atoms with E-state index in [-0.39, 0.29) is 42.4 Å². The standard InChI is InChI=1S/C15H23N3O4S.ClH/c1-10(2)14(16)15(20)17-8-13(19)18-12-6-4-11(5-7-12)9-23(3,21)22;/h4-7,10,14H,8-9,16H2,1-3H3,(H,17,20)(H,18,19);1H/t14-;/m0./s1. The van der Waals surface area contributed by atoms with Crippen molar-refractivity contribution in [3.05, 3.63) is 29.8 Å². The van der Waals surface area contributed by atoms with Crippen molar-refractivity contribution in [1.82, 2.24) is 5.32 Å². The number of halogens is 1. The molecule has 1 aromatic rings. The van der Waals surface area contributed by atoms with Crippen LogP contribution in [-0.4, -0.2) is 39.1 Å². The van der Waals surface area contributed by atoms with Crippen LogP contribution in [0, 0.1) is 5.92 Å². The van der Waals surface area contributed by atoms with Crippen molar-refractivity contribution in [2.75, 3.05) is 18.1 Å². The van der Waals surface area contributed by atoms with Crippen LogP contribution in [0.1, 0.15) is 19.4 Å². The zero-order valence-corrected chi connectivity index (χ0v) is 15.5. The summed E-state index contributed by atoms with van der Waals surface area (Å²) in [5, 5.41) is 5.08. The number of hydrogen-bond acceptors (Lipinski definition) is 5. The fraction of sp³-hybridized carbons (Fsp3) is 0.467. The maximum absolute atomic E-state index is 11.8. The van der Waals surface area contributed by atoms with E-state index in [0.717, 1.165) is 6.26 Å². The van der Waals surface area contributed by atoms with Crippen LogP contribution >= 0.6 is 12.4 Å². The lowest BCUT2D eigenvalue weighted by atomic mass is 10.1. The number of rotatable bonds is 7. The van der Waals surface area contributed by atoms with Gasteiger partial charge < -0.3 is 16.4 Å². The Kier molecular flexibility index (Phi) is 8.95. The van der Waals surface area contributed by atoms with Gasteiger partial charge in [0.05, 0.1) is 18.3 Å². The minimum Gasteiger partial charge on any atom is -0.346 e. The van der Waals surface area contributed by atoms with Gasteiger partial charge in [0.2, 0.25) is 11.8 Å². The maximum Gasteiger partial charge on any atom is 0.243 e. The van der Waals surface area contributed by atoms with Crippen molar-refractivity contribution in [3.63, 3.8) is 0 Å². The summed E-state index contributed by atoms with van der Waals surface area (Å²) < 4.78 is 22.4. The van der Waals surface area contributed by atoms with Crippen molar-refractivity contribution in [3.8, 4) is 0 Å². The molecule has 0 heterocycles. The van der Waals surface area contributed by atoms with Crippen molar-refractivity contribution < 1.29 is 18.0 Å². The Bertz CT molecular complexity index is 660. The summed E-state index contributed by atoms with van der Waals surface area (Å²) in [4.78, 5) is 23.4. The van der Waals surface area contributed by atoms with Gasteiger partial charge in [0, 0.05) is 11.9 Å². The first kappa shape index (κ1) is 22.4. The average molecular weight is 378 g/mol. The zero-order chi connectivity index (χ0) is 17.6. The van der Waals surface area contributed by atoms with Crippen LogP contribution in [0.2, 0.25) is 0 Å². The predicted octanol–water partition coefficient (Wildman–Crippen LogP) is 0.691. The fourth-order valence-electron chi connectivity index (χ4n) is 1.78. The number of carbonyl (C=O) groups is 2. The van der Waals surface area contributed by atoms with Gasteiger partial charge in [-0.3, -0.25) is 9.59 Å². The number of nitrogens with two attached hydrogens (primary N) is 1. The molecule has 24 heavy (non-hydrogen) atoms. The summed E-state index contributed by atoms with van der Waals surface area (Å²) in [6, 6.07) is 5.83. The molecule has 1 aromatic carbocycles. The van der Waals surface area contributed by atoms with Crippen LogP contribution in [0.3, 0.4) is 0 Å². The molecule has 7 nitrogen and oxygen atoms in total. The molecule has 0 saturated carbocycles. The van der Waals surface area contributed by atoms with Crippen molar-refractivity contribution in [2.24, 2.45) is 11.7 Å². The van der Waals surface area contributed by atoms with Gasteiger partial charge in [0.15, 0.2) is 9.84 Å². The second-order valence-corrected chi connectivity index (χ2v) is 7.94. The highest BCUT2D eigenvalue weighted by molar-refractivity contribution is 7.89. The van der Waals surface area contributed by atoms with E-state index in [0.29, 0.717) is 11.3 Å². The van der Waals surface area contributed by atoms with Crippen molar-refractivity contribution >= 4 is 39.7 Å². The molecule has 0 bridgehead atoms. The quantitative estimate of drug-likeness (QED) is 0.646. The Morgan fingerprint density at radius 3 is 2.17 bits per heavy atom. The van der Waals surface area contributed by atoms with Crippen LogP contribution in [0.5, 0.6) is 0 Å². The van der Waals surface area contributed by atoms with E-state index in [2.05, 4.69) is 10.6 Å². The van der Waals surface area contributed by atoms with E-state index in [4.69, 9.17) is 5.73 Å². The summed E-state index contributed by atoms with van der Waals surface area (Å²) >= 11 is 0. The van der Waals surface area contributed by atoms with Crippen molar-refractivity contribution in [1.29, 1.82) is 0 Å². The van der Waals surface area contributed by atoms with E-state index in [1.807, 2.05) is 13.8 Å². The fourth-order valence-corrected chi connectivity index (χ4v) is 2.58. The van der Waals surface area contributed by atoms with Gasteiger partial charge in [-0.05, 0) is 23.6 Å². The van der Waals surface area contributed by atoms with Crippen LogP contribution in [0.25, 0.3) is 0 Å². The Hall–Kier alpha value is -1.64. The van der Waals surface area contributed by atoms with Crippen LogP contribution in [0.15, 0.2) is 24.3 Å². The van der Waals surface area contributed by atoms with Gasteiger partial charge in [-0.2, -0.15) is 0 Å². The molecular weight excluding hydrogens is 354 g/mol.